The average Bonchev–Trinajstić information content (AvgIpc) is 2.28. The Morgan fingerprint density at radius 3 is 1.72 bits per heavy atom. The van der Waals surface area contributed by atoms with Gasteiger partial charge in [-0.15, -0.1) is 0 Å². The van der Waals surface area contributed by atoms with Crippen molar-refractivity contribution in [2.45, 2.75) is 40.8 Å². The van der Waals surface area contributed by atoms with Gasteiger partial charge in [0.1, 0.15) is 0 Å². The van der Waals surface area contributed by atoms with Gasteiger partial charge in [-0.05, 0) is 23.0 Å². The minimum Gasteiger partial charge on any atom is -0.326 e. The minimum atomic E-state index is 0.627. The van der Waals surface area contributed by atoms with Crippen LogP contribution in [0, 0.1) is 11.8 Å². The quantitative estimate of drug-likeness (QED) is 0.802. The van der Waals surface area contributed by atoms with Crippen LogP contribution in [-0.2, 0) is 13.1 Å². The fourth-order valence-electron chi connectivity index (χ4n) is 2.28. The highest BCUT2D eigenvalue weighted by molar-refractivity contribution is 5.22. The zero-order valence-electron chi connectivity index (χ0n) is 12.3. The molecule has 2 N–H and O–H groups in total. The lowest BCUT2D eigenvalue weighted by Gasteiger charge is -2.26. The molecule has 18 heavy (non-hydrogen) atoms. The summed E-state index contributed by atoms with van der Waals surface area (Å²) in [6.07, 6.45) is 0. The standard InChI is InChI=1S/C16H28N2/c1-13(2)10-18(11-14(3)4)12-16-7-5-15(9-17)6-8-16/h5-8,13-14H,9-12,17H2,1-4H3. The molecular formula is C16H28N2. The lowest BCUT2D eigenvalue weighted by Crippen LogP contribution is -2.30. The van der Waals surface area contributed by atoms with E-state index in [0.717, 1.165) is 19.6 Å². The number of nitrogens with two attached hydrogens (primary N) is 1. The summed E-state index contributed by atoms with van der Waals surface area (Å²) in [6.45, 7) is 13.1. The molecule has 0 saturated carbocycles. The van der Waals surface area contributed by atoms with E-state index in [0.29, 0.717) is 18.4 Å². The Morgan fingerprint density at radius 2 is 1.33 bits per heavy atom. The van der Waals surface area contributed by atoms with Gasteiger partial charge >= 0.3 is 0 Å². The molecule has 0 spiro atoms. The molecule has 0 aliphatic rings. The van der Waals surface area contributed by atoms with Crippen LogP contribution in [0.3, 0.4) is 0 Å². The van der Waals surface area contributed by atoms with E-state index >= 15 is 0 Å². The van der Waals surface area contributed by atoms with Crippen LogP contribution in [0.4, 0.5) is 0 Å². The number of hydrogen-bond donors (Lipinski definition) is 1. The SMILES string of the molecule is CC(C)CN(Cc1ccc(CN)cc1)CC(C)C. The van der Waals surface area contributed by atoms with Crippen LogP contribution in [0.2, 0.25) is 0 Å². The molecule has 0 aromatic heterocycles. The van der Waals surface area contributed by atoms with Crippen molar-refractivity contribution in [1.82, 2.24) is 4.90 Å². The van der Waals surface area contributed by atoms with E-state index in [1.54, 1.807) is 0 Å². The van der Waals surface area contributed by atoms with E-state index in [2.05, 4.69) is 56.9 Å². The molecule has 2 nitrogen and oxygen atoms in total. The van der Waals surface area contributed by atoms with E-state index in [-0.39, 0.29) is 0 Å². The average molecular weight is 248 g/mol. The first-order valence-electron chi connectivity index (χ1n) is 7.01. The number of nitrogens with zero attached hydrogens (tertiary/aromatic N) is 1. The summed E-state index contributed by atoms with van der Waals surface area (Å²) in [6, 6.07) is 8.68. The Bertz CT molecular complexity index is 317. The van der Waals surface area contributed by atoms with Gasteiger partial charge in [0.15, 0.2) is 0 Å². The molecule has 0 atom stereocenters. The Kier molecular flexibility index (Phi) is 6.37. The predicted molar refractivity (Wildman–Crippen MR) is 79.3 cm³/mol. The number of hydrogen-bond acceptors (Lipinski definition) is 2. The van der Waals surface area contributed by atoms with Crippen LogP contribution in [0.5, 0.6) is 0 Å². The molecule has 0 saturated heterocycles. The van der Waals surface area contributed by atoms with Crippen LogP contribution >= 0.6 is 0 Å². The van der Waals surface area contributed by atoms with Crippen molar-refractivity contribution in [2.24, 2.45) is 17.6 Å². The first kappa shape index (κ1) is 15.2. The van der Waals surface area contributed by atoms with Crippen LogP contribution in [0.15, 0.2) is 24.3 Å². The maximum absolute atomic E-state index is 5.62. The van der Waals surface area contributed by atoms with Crippen molar-refractivity contribution in [3.8, 4) is 0 Å². The third-order valence-electron chi connectivity index (χ3n) is 2.91. The second-order valence-corrected chi connectivity index (χ2v) is 6.00. The zero-order valence-corrected chi connectivity index (χ0v) is 12.3. The topological polar surface area (TPSA) is 29.3 Å². The third kappa shape index (κ3) is 5.65. The third-order valence-corrected chi connectivity index (χ3v) is 2.91. The van der Waals surface area contributed by atoms with Crippen molar-refractivity contribution < 1.29 is 0 Å². The van der Waals surface area contributed by atoms with E-state index in [1.165, 1.54) is 11.1 Å². The summed E-state index contributed by atoms with van der Waals surface area (Å²) in [7, 11) is 0. The van der Waals surface area contributed by atoms with Crippen molar-refractivity contribution in [2.75, 3.05) is 13.1 Å². The van der Waals surface area contributed by atoms with Crippen LogP contribution < -0.4 is 5.73 Å². The van der Waals surface area contributed by atoms with Crippen molar-refractivity contribution in [3.05, 3.63) is 35.4 Å². The molecular weight excluding hydrogens is 220 g/mol. The summed E-state index contributed by atoms with van der Waals surface area (Å²) < 4.78 is 0. The second-order valence-electron chi connectivity index (χ2n) is 6.00. The molecule has 0 aliphatic carbocycles. The molecule has 0 heterocycles. The fraction of sp³-hybridized carbons (Fsp3) is 0.625. The highest BCUT2D eigenvalue weighted by Crippen LogP contribution is 2.11. The van der Waals surface area contributed by atoms with Gasteiger partial charge in [-0.25, -0.2) is 0 Å². The smallest absolute Gasteiger partial charge is 0.0233 e. The lowest BCUT2D eigenvalue weighted by atomic mass is 10.1. The molecule has 0 aliphatic heterocycles. The zero-order chi connectivity index (χ0) is 13.5. The Labute approximate surface area is 112 Å². The first-order chi connectivity index (χ1) is 8.51. The van der Waals surface area contributed by atoms with Crippen molar-refractivity contribution >= 4 is 0 Å². The predicted octanol–water partition coefficient (Wildman–Crippen LogP) is 3.26. The van der Waals surface area contributed by atoms with Crippen LogP contribution in [0.25, 0.3) is 0 Å². The fourth-order valence-corrected chi connectivity index (χ4v) is 2.28. The lowest BCUT2D eigenvalue weighted by molar-refractivity contribution is 0.211. The molecule has 1 aromatic rings. The molecule has 2 heteroatoms. The second kappa shape index (κ2) is 7.55. The molecule has 0 bridgehead atoms. The van der Waals surface area contributed by atoms with Gasteiger partial charge in [-0.3, -0.25) is 4.90 Å². The monoisotopic (exact) mass is 248 g/mol. The van der Waals surface area contributed by atoms with E-state index in [9.17, 15) is 0 Å². The van der Waals surface area contributed by atoms with Gasteiger partial charge < -0.3 is 5.73 Å². The van der Waals surface area contributed by atoms with Gasteiger partial charge in [0.05, 0.1) is 0 Å². The Balaban J connectivity index is 2.62. The van der Waals surface area contributed by atoms with E-state index in [1.807, 2.05) is 0 Å². The minimum absolute atomic E-state index is 0.627. The van der Waals surface area contributed by atoms with Gasteiger partial charge in [-0.2, -0.15) is 0 Å². The highest BCUT2D eigenvalue weighted by Gasteiger charge is 2.10. The molecule has 1 rings (SSSR count). The van der Waals surface area contributed by atoms with Crippen molar-refractivity contribution in [1.29, 1.82) is 0 Å². The maximum Gasteiger partial charge on any atom is 0.0233 e. The van der Waals surface area contributed by atoms with Crippen molar-refractivity contribution in [3.63, 3.8) is 0 Å². The van der Waals surface area contributed by atoms with Gasteiger partial charge in [0.25, 0.3) is 0 Å². The summed E-state index contributed by atoms with van der Waals surface area (Å²) in [5.74, 6) is 1.43. The largest absolute Gasteiger partial charge is 0.326 e. The van der Waals surface area contributed by atoms with E-state index < -0.39 is 0 Å². The highest BCUT2D eigenvalue weighted by atomic mass is 15.1. The number of rotatable bonds is 7. The van der Waals surface area contributed by atoms with Gasteiger partial charge in [0.2, 0.25) is 0 Å². The van der Waals surface area contributed by atoms with Gasteiger partial charge in [-0.1, -0.05) is 52.0 Å². The summed E-state index contributed by atoms with van der Waals surface area (Å²) in [4.78, 5) is 2.55. The molecule has 1 aromatic carbocycles. The van der Waals surface area contributed by atoms with E-state index in [4.69, 9.17) is 5.73 Å². The molecule has 0 radical (unpaired) electrons. The maximum atomic E-state index is 5.62. The summed E-state index contributed by atoms with van der Waals surface area (Å²) in [5, 5.41) is 0. The summed E-state index contributed by atoms with van der Waals surface area (Å²) in [5.41, 5.74) is 8.21. The van der Waals surface area contributed by atoms with Gasteiger partial charge in [0, 0.05) is 26.2 Å². The molecule has 0 unspecified atom stereocenters. The molecule has 102 valence electrons. The normalized spacial score (nSPS) is 11.8. The van der Waals surface area contributed by atoms with Crippen LogP contribution in [0.1, 0.15) is 38.8 Å². The molecule has 0 amide bonds. The van der Waals surface area contributed by atoms with Crippen LogP contribution in [-0.4, -0.2) is 18.0 Å². The number of benzene rings is 1. The summed E-state index contributed by atoms with van der Waals surface area (Å²) >= 11 is 0. The molecule has 0 fully saturated rings. The first-order valence-corrected chi connectivity index (χ1v) is 7.01. The Hall–Kier alpha value is -0.860. The Morgan fingerprint density at radius 1 is 0.889 bits per heavy atom.